The molecule has 1 aromatic carbocycles. The Hall–Kier alpha value is -4.74. The van der Waals surface area contributed by atoms with Gasteiger partial charge in [-0.25, -0.2) is 15.0 Å². The van der Waals surface area contributed by atoms with E-state index in [0.29, 0.717) is 29.0 Å². The van der Waals surface area contributed by atoms with Crippen LogP contribution in [-0.2, 0) is 11.0 Å². The van der Waals surface area contributed by atoms with Gasteiger partial charge >= 0.3 is 6.18 Å². The Labute approximate surface area is 258 Å². The third-order valence-corrected chi connectivity index (χ3v) is 8.46. The fourth-order valence-electron chi connectivity index (χ4n) is 6.21. The lowest BCUT2D eigenvalue weighted by molar-refractivity contribution is -0.137. The molecular weight excluding hydrogens is 583 g/mol. The number of alkyl halides is 3. The van der Waals surface area contributed by atoms with Crippen LogP contribution in [0.5, 0.6) is 0 Å². The number of allylic oxidation sites excluding steroid dienone is 1. The molecule has 234 valence electrons. The first-order valence-corrected chi connectivity index (χ1v) is 15.2. The van der Waals surface area contributed by atoms with Crippen molar-refractivity contribution in [1.82, 2.24) is 24.7 Å². The van der Waals surface area contributed by atoms with Crippen molar-refractivity contribution in [3.8, 4) is 11.3 Å². The molecule has 2 bridgehead atoms. The molecule has 0 spiro atoms. The fourth-order valence-corrected chi connectivity index (χ4v) is 6.21. The number of amides is 2. The minimum atomic E-state index is -4.55. The van der Waals surface area contributed by atoms with E-state index in [1.807, 2.05) is 6.08 Å². The van der Waals surface area contributed by atoms with Gasteiger partial charge in [0.1, 0.15) is 28.7 Å². The second-order valence-electron chi connectivity index (χ2n) is 11.7. The highest BCUT2D eigenvalue weighted by atomic mass is 19.4. The lowest BCUT2D eigenvalue weighted by Crippen LogP contribution is -2.38. The van der Waals surface area contributed by atoms with Gasteiger partial charge in [0.15, 0.2) is 0 Å². The van der Waals surface area contributed by atoms with Gasteiger partial charge < -0.3 is 16.4 Å². The molecule has 1 aliphatic carbocycles. The number of rotatable bonds is 3. The number of hydrogen-bond donors (Lipinski definition) is 3. The first-order valence-electron chi connectivity index (χ1n) is 15.2. The summed E-state index contributed by atoms with van der Waals surface area (Å²) in [6, 6.07) is 8.34. The molecule has 12 heteroatoms. The van der Waals surface area contributed by atoms with Crippen LogP contribution in [0, 0.1) is 0 Å². The average molecular weight is 618 g/mol. The average Bonchev–Trinajstić information content (AvgIpc) is 3.43. The number of carbonyl (C=O) groups is 2. The third-order valence-electron chi connectivity index (χ3n) is 8.46. The summed E-state index contributed by atoms with van der Waals surface area (Å²) in [6.45, 7) is 0. The number of nitrogens with two attached hydrogens (primary N) is 1. The molecular formula is C33H34F3N7O2. The van der Waals surface area contributed by atoms with Gasteiger partial charge in [-0.15, -0.1) is 0 Å². The molecule has 3 aromatic heterocycles. The standard InChI is InChI=1S/C33H34F3N7O2/c34-33(35,36)23-15-16-38-26(18-23)41-32(45)21-13-11-20(12-14-21)28-29-30(37)39-19-25-9-4-2-1-3-5-10-27(44)40-24-8-6-7-22(17-24)31(42-28)43(25)29/h4,9,11-16,18-19,22,24H,1-3,5-8,10,17H2,(H2,37,39)(H,40,44)(H,38,41,45)/b9-4+/t22-,24-/m1/s1. The molecule has 0 saturated heterocycles. The fraction of sp³-hybridized carbons (Fsp3) is 0.364. The number of pyridine rings is 1. The van der Waals surface area contributed by atoms with Gasteiger partial charge in [-0.05, 0) is 68.9 Å². The van der Waals surface area contributed by atoms with E-state index in [4.69, 9.17) is 10.7 Å². The number of nitrogens with zero attached hydrogens (tertiary/aromatic N) is 4. The van der Waals surface area contributed by atoms with E-state index in [1.54, 1.807) is 30.5 Å². The second-order valence-corrected chi connectivity index (χ2v) is 11.7. The highest BCUT2D eigenvalue weighted by molar-refractivity contribution is 6.04. The summed E-state index contributed by atoms with van der Waals surface area (Å²) in [5.41, 5.74) is 8.66. The molecule has 1 aliphatic heterocycles. The van der Waals surface area contributed by atoms with E-state index < -0.39 is 17.6 Å². The minimum absolute atomic E-state index is 0.0689. The van der Waals surface area contributed by atoms with Crippen LogP contribution in [-0.4, -0.2) is 37.2 Å². The number of fused-ring (bicyclic) bond motifs is 3. The number of aromatic nitrogens is 4. The van der Waals surface area contributed by atoms with E-state index in [-0.39, 0.29) is 29.2 Å². The summed E-state index contributed by atoms with van der Waals surface area (Å²) in [5, 5.41) is 5.68. The zero-order valence-corrected chi connectivity index (χ0v) is 24.6. The van der Waals surface area contributed by atoms with Crippen LogP contribution >= 0.6 is 0 Å². The van der Waals surface area contributed by atoms with E-state index in [2.05, 4.69) is 31.1 Å². The molecule has 2 amide bonds. The van der Waals surface area contributed by atoms with Crippen molar-refractivity contribution < 1.29 is 22.8 Å². The van der Waals surface area contributed by atoms with E-state index in [1.165, 1.54) is 0 Å². The topological polar surface area (TPSA) is 127 Å². The summed E-state index contributed by atoms with van der Waals surface area (Å²) in [4.78, 5) is 39.0. The zero-order chi connectivity index (χ0) is 31.6. The maximum absolute atomic E-state index is 13.1. The quantitative estimate of drug-likeness (QED) is 0.233. The number of imidazole rings is 1. The van der Waals surface area contributed by atoms with Gasteiger partial charge in [0, 0.05) is 35.7 Å². The maximum atomic E-state index is 13.1. The Morgan fingerprint density at radius 1 is 1.04 bits per heavy atom. The number of hydrogen-bond acceptors (Lipinski definition) is 6. The van der Waals surface area contributed by atoms with Crippen molar-refractivity contribution in [2.75, 3.05) is 11.1 Å². The SMILES string of the molecule is Nc1ncc2n3c(nc(-c4ccc(C(=O)Nc5cc(C(F)(F)F)ccn5)cc4)c13)[C@@H]1CCC[C@H](C1)NC(=O)CCCCC/C=C/2. The maximum Gasteiger partial charge on any atom is 0.416 e. The molecule has 4 aromatic rings. The summed E-state index contributed by atoms with van der Waals surface area (Å²) in [7, 11) is 0. The number of halogens is 3. The summed E-state index contributed by atoms with van der Waals surface area (Å²) in [6.07, 6.45) is 10.2. The predicted molar refractivity (Wildman–Crippen MR) is 165 cm³/mol. The van der Waals surface area contributed by atoms with Crippen molar-refractivity contribution >= 4 is 35.0 Å². The van der Waals surface area contributed by atoms with Crippen LogP contribution in [0.4, 0.5) is 24.8 Å². The minimum Gasteiger partial charge on any atom is -0.382 e. The van der Waals surface area contributed by atoms with Gasteiger partial charge in [-0.3, -0.25) is 14.0 Å². The van der Waals surface area contributed by atoms with Crippen LogP contribution < -0.4 is 16.4 Å². The van der Waals surface area contributed by atoms with Gasteiger partial charge in [-0.2, -0.15) is 13.2 Å². The highest BCUT2D eigenvalue weighted by Crippen LogP contribution is 2.38. The Balaban J connectivity index is 1.35. The highest BCUT2D eigenvalue weighted by Gasteiger charge is 2.32. The number of carbonyl (C=O) groups excluding carboxylic acids is 2. The normalized spacial score (nSPS) is 20.1. The predicted octanol–water partition coefficient (Wildman–Crippen LogP) is 6.76. The second kappa shape index (κ2) is 12.7. The molecule has 9 nitrogen and oxygen atoms in total. The molecule has 45 heavy (non-hydrogen) atoms. The largest absolute Gasteiger partial charge is 0.416 e. The van der Waals surface area contributed by atoms with Crippen molar-refractivity contribution in [3.05, 3.63) is 77.5 Å². The Morgan fingerprint density at radius 3 is 2.67 bits per heavy atom. The Kier molecular flexibility index (Phi) is 8.55. The van der Waals surface area contributed by atoms with Gasteiger partial charge in [-0.1, -0.05) is 31.1 Å². The Morgan fingerprint density at radius 2 is 1.87 bits per heavy atom. The molecule has 4 N–H and O–H groups in total. The van der Waals surface area contributed by atoms with Crippen molar-refractivity contribution in [3.63, 3.8) is 0 Å². The number of anilines is 2. The summed E-state index contributed by atoms with van der Waals surface area (Å²) < 4.78 is 41.4. The van der Waals surface area contributed by atoms with Gasteiger partial charge in [0.05, 0.1) is 17.5 Å². The molecule has 4 heterocycles. The smallest absolute Gasteiger partial charge is 0.382 e. The van der Waals surface area contributed by atoms with Crippen LogP contribution in [0.15, 0.2) is 54.9 Å². The number of nitrogen functional groups attached to an aromatic ring is 1. The van der Waals surface area contributed by atoms with Gasteiger partial charge in [0.25, 0.3) is 5.91 Å². The van der Waals surface area contributed by atoms with E-state index in [9.17, 15) is 22.8 Å². The molecule has 1 fully saturated rings. The molecule has 6 rings (SSSR count). The van der Waals surface area contributed by atoms with Crippen LogP contribution in [0.25, 0.3) is 22.9 Å². The van der Waals surface area contributed by atoms with Crippen LogP contribution in [0.2, 0.25) is 0 Å². The number of nitrogens with one attached hydrogen (secondary N) is 2. The summed E-state index contributed by atoms with van der Waals surface area (Å²) in [5.74, 6) is 0.546. The van der Waals surface area contributed by atoms with Crippen molar-refractivity contribution in [1.29, 1.82) is 0 Å². The third kappa shape index (κ3) is 6.69. The molecule has 1 saturated carbocycles. The van der Waals surface area contributed by atoms with E-state index in [0.717, 1.165) is 81.2 Å². The first-order chi connectivity index (χ1) is 21.7. The molecule has 0 radical (unpaired) electrons. The van der Waals surface area contributed by atoms with Crippen molar-refractivity contribution in [2.45, 2.75) is 75.9 Å². The monoisotopic (exact) mass is 617 g/mol. The van der Waals surface area contributed by atoms with Crippen molar-refractivity contribution in [2.24, 2.45) is 0 Å². The van der Waals surface area contributed by atoms with Gasteiger partial charge in [0.2, 0.25) is 5.91 Å². The lowest BCUT2D eigenvalue weighted by Gasteiger charge is -2.29. The van der Waals surface area contributed by atoms with Crippen LogP contribution in [0.3, 0.4) is 0 Å². The molecule has 2 aliphatic rings. The number of benzene rings is 1. The molecule has 2 atom stereocenters. The Bertz CT molecular complexity index is 1750. The lowest BCUT2D eigenvalue weighted by atomic mass is 9.85. The van der Waals surface area contributed by atoms with Crippen LogP contribution in [0.1, 0.15) is 91.1 Å². The molecule has 0 unspecified atom stereocenters. The zero-order valence-electron chi connectivity index (χ0n) is 24.6. The van der Waals surface area contributed by atoms with E-state index >= 15 is 0 Å². The summed E-state index contributed by atoms with van der Waals surface area (Å²) >= 11 is 0. The first kappa shape index (κ1) is 30.3.